The quantitative estimate of drug-likeness (QED) is 0.179. The predicted molar refractivity (Wildman–Crippen MR) is 152 cm³/mol. The van der Waals surface area contributed by atoms with Crippen molar-refractivity contribution >= 4 is 39.8 Å². The van der Waals surface area contributed by atoms with E-state index >= 15 is 0 Å². The highest BCUT2D eigenvalue weighted by Crippen LogP contribution is 2.36. The smallest absolute Gasteiger partial charge is 0.196 e. The number of H-pyrrole nitrogens is 1. The molecule has 0 amide bonds. The summed E-state index contributed by atoms with van der Waals surface area (Å²) < 4.78 is 0. The molecular weight excluding hydrogens is 478 g/mol. The van der Waals surface area contributed by atoms with Crippen LogP contribution < -0.4 is 4.90 Å². The Hall–Kier alpha value is -3.00. The van der Waals surface area contributed by atoms with Gasteiger partial charge >= 0.3 is 0 Å². The van der Waals surface area contributed by atoms with E-state index in [2.05, 4.69) is 58.6 Å². The summed E-state index contributed by atoms with van der Waals surface area (Å²) in [6.45, 7) is 11.0. The molecule has 4 aromatic heterocycles. The normalized spacial score (nSPS) is 16.4. The van der Waals surface area contributed by atoms with Gasteiger partial charge in [-0.25, -0.2) is 19.9 Å². The molecule has 1 N–H and O–H groups in total. The summed E-state index contributed by atoms with van der Waals surface area (Å²) in [5.41, 5.74) is 6.48. The summed E-state index contributed by atoms with van der Waals surface area (Å²) in [5.74, 6) is 1.63. The molecule has 5 heterocycles. The van der Waals surface area contributed by atoms with Crippen LogP contribution in [0.3, 0.4) is 0 Å². The first-order valence-electron chi connectivity index (χ1n) is 13.7. The number of anilines is 1. The average molecular weight is 516 g/mol. The van der Waals surface area contributed by atoms with Crippen molar-refractivity contribution in [3.05, 3.63) is 47.6 Å². The van der Waals surface area contributed by atoms with Crippen molar-refractivity contribution in [2.45, 2.75) is 82.7 Å². The van der Waals surface area contributed by atoms with Gasteiger partial charge in [0.2, 0.25) is 0 Å². The SMILES string of the molecule is CCCCC(=CC1CCN(c2nc(Sc3cnc4nccnc4c3)nc3[nH]c(CC)c(C)c23)C1)CCC. The first kappa shape index (κ1) is 25.6. The molecule has 1 aliphatic rings. The lowest BCUT2D eigenvalue weighted by molar-refractivity contribution is 0.689. The van der Waals surface area contributed by atoms with E-state index < -0.39 is 0 Å². The fraction of sp³-hybridized carbons (Fsp3) is 0.483. The summed E-state index contributed by atoms with van der Waals surface area (Å²) in [6, 6.07) is 2.01. The summed E-state index contributed by atoms with van der Waals surface area (Å²) in [5, 5.41) is 1.89. The topological polar surface area (TPSA) is 83.5 Å². The zero-order valence-corrected chi connectivity index (χ0v) is 23.2. The van der Waals surface area contributed by atoms with Gasteiger partial charge in [0.15, 0.2) is 10.8 Å². The Morgan fingerprint density at radius 2 is 1.97 bits per heavy atom. The number of allylic oxidation sites excluding steroid dienone is 1. The highest BCUT2D eigenvalue weighted by molar-refractivity contribution is 7.99. The minimum Gasteiger partial charge on any atom is -0.355 e. The van der Waals surface area contributed by atoms with Crippen LogP contribution in [0.1, 0.15) is 70.6 Å². The molecule has 194 valence electrons. The number of rotatable bonds is 10. The van der Waals surface area contributed by atoms with Gasteiger partial charge < -0.3 is 9.88 Å². The Kier molecular flexibility index (Phi) is 8.03. The molecule has 1 fully saturated rings. The van der Waals surface area contributed by atoms with E-state index in [9.17, 15) is 0 Å². The number of pyridine rings is 1. The first-order chi connectivity index (χ1) is 18.1. The van der Waals surface area contributed by atoms with Crippen LogP contribution in [0.15, 0.2) is 46.4 Å². The number of aromatic nitrogens is 6. The van der Waals surface area contributed by atoms with Gasteiger partial charge in [0.25, 0.3) is 0 Å². The Balaban J connectivity index is 1.47. The first-order valence-corrected chi connectivity index (χ1v) is 14.5. The number of nitrogens with zero attached hydrogens (tertiary/aromatic N) is 6. The lowest BCUT2D eigenvalue weighted by Crippen LogP contribution is -2.21. The molecule has 1 aliphatic heterocycles. The number of fused-ring (bicyclic) bond motifs is 2. The summed E-state index contributed by atoms with van der Waals surface area (Å²) in [4.78, 5) is 30.2. The van der Waals surface area contributed by atoms with Crippen LogP contribution in [-0.2, 0) is 6.42 Å². The highest BCUT2D eigenvalue weighted by Gasteiger charge is 2.27. The predicted octanol–water partition coefficient (Wildman–Crippen LogP) is 7.06. The van der Waals surface area contributed by atoms with Crippen molar-refractivity contribution in [1.29, 1.82) is 0 Å². The van der Waals surface area contributed by atoms with E-state index in [0.717, 1.165) is 51.9 Å². The fourth-order valence-electron chi connectivity index (χ4n) is 5.35. The van der Waals surface area contributed by atoms with Crippen molar-refractivity contribution in [2.75, 3.05) is 18.0 Å². The van der Waals surface area contributed by atoms with Crippen LogP contribution in [0, 0.1) is 12.8 Å². The van der Waals surface area contributed by atoms with Gasteiger partial charge in [-0.05, 0) is 68.3 Å². The van der Waals surface area contributed by atoms with Gasteiger partial charge in [0.1, 0.15) is 17.0 Å². The van der Waals surface area contributed by atoms with Crippen LogP contribution in [0.5, 0.6) is 0 Å². The van der Waals surface area contributed by atoms with Crippen molar-refractivity contribution in [3.8, 4) is 0 Å². The van der Waals surface area contributed by atoms with Gasteiger partial charge in [0, 0.05) is 42.3 Å². The maximum absolute atomic E-state index is 5.14. The molecule has 37 heavy (non-hydrogen) atoms. The maximum atomic E-state index is 5.14. The van der Waals surface area contributed by atoms with Gasteiger partial charge in [-0.15, -0.1) is 0 Å². The van der Waals surface area contributed by atoms with Crippen LogP contribution in [-0.4, -0.2) is 43.0 Å². The number of unbranched alkanes of at least 4 members (excludes halogenated alkanes) is 1. The third-order valence-electron chi connectivity index (χ3n) is 7.25. The van der Waals surface area contributed by atoms with Crippen molar-refractivity contribution in [3.63, 3.8) is 0 Å². The number of hydrogen-bond acceptors (Lipinski definition) is 7. The molecule has 7 nitrogen and oxygen atoms in total. The number of aromatic amines is 1. The fourth-order valence-corrected chi connectivity index (χ4v) is 6.10. The molecule has 4 aromatic rings. The second kappa shape index (κ2) is 11.6. The highest BCUT2D eigenvalue weighted by atomic mass is 32.2. The van der Waals surface area contributed by atoms with E-state index in [0.29, 0.717) is 11.6 Å². The van der Waals surface area contributed by atoms with Crippen molar-refractivity contribution in [2.24, 2.45) is 5.92 Å². The molecule has 0 aliphatic carbocycles. The minimum absolute atomic E-state index is 0.577. The van der Waals surface area contributed by atoms with Crippen LogP contribution in [0.4, 0.5) is 5.82 Å². The maximum Gasteiger partial charge on any atom is 0.196 e. The van der Waals surface area contributed by atoms with E-state index in [4.69, 9.17) is 9.97 Å². The molecule has 1 atom stereocenters. The molecule has 8 heteroatoms. The molecule has 0 bridgehead atoms. The third-order valence-corrected chi connectivity index (χ3v) is 8.07. The molecule has 0 spiro atoms. The monoisotopic (exact) mass is 515 g/mol. The largest absolute Gasteiger partial charge is 0.355 e. The second-order valence-corrected chi connectivity index (χ2v) is 11.0. The number of aryl methyl sites for hydroxylation is 2. The Morgan fingerprint density at radius 3 is 2.78 bits per heavy atom. The summed E-state index contributed by atoms with van der Waals surface area (Å²) >= 11 is 1.53. The molecule has 5 rings (SSSR count). The van der Waals surface area contributed by atoms with E-state index in [1.54, 1.807) is 18.0 Å². The Morgan fingerprint density at radius 1 is 1.11 bits per heavy atom. The minimum atomic E-state index is 0.577. The van der Waals surface area contributed by atoms with Crippen LogP contribution in [0.25, 0.3) is 22.2 Å². The third kappa shape index (κ3) is 5.64. The van der Waals surface area contributed by atoms with E-state index in [1.807, 2.05) is 12.3 Å². The van der Waals surface area contributed by atoms with Gasteiger partial charge in [-0.2, -0.15) is 0 Å². The van der Waals surface area contributed by atoms with Crippen LogP contribution in [0.2, 0.25) is 0 Å². The zero-order chi connectivity index (χ0) is 25.8. The standard InChI is InChI=1S/C29H37N7S/c1-5-8-10-20(9-6-2)15-21-11-14-36(18-21)28-25-19(4)23(7-3)33-27(25)34-29(35-28)37-22-16-24-26(32-17-22)31-13-12-30-24/h12-13,15-17,21H,5-11,14,18H2,1-4H3,(H,33,34,35). The van der Waals surface area contributed by atoms with Crippen molar-refractivity contribution < 1.29 is 0 Å². The lowest BCUT2D eigenvalue weighted by atomic mass is 9.98. The van der Waals surface area contributed by atoms with Crippen LogP contribution >= 0.6 is 11.8 Å². The van der Waals surface area contributed by atoms with E-state index in [-0.39, 0.29) is 0 Å². The molecule has 0 saturated carbocycles. The number of nitrogens with one attached hydrogen (secondary N) is 1. The molecular formula is C29H37N7S. The van der Waals surface area contributed by atoms with Gasteiger partial charge in [-0.3, -0.25) is 4.98 Å². The molecule has 0 aromatic carbocycles. The second-order valence-electron chi connectivity index (χ2n) is 9.98. The van der Waals surface area contributed by atoms with E-state index in [1.165, 1.54) is 61.5 Å². The molecule has 0 radical (unpaired) electrons. The lowest BCUT2D eigenvalue weighted by Gasteiger charge is -2.19. The summed E-state index contributed by atoms with van der Waals surface area (Å²) in [7, 11) is 0. The summed E-state index contributed by atoms with van der Waals surface area (Å²) in [6.07, 6.45) is 16.1. The zero-order valence-electron chi connectivity index (χ0n) is 22.4. The van der Waals surface area contributed by atoms with Crippen molar-refractivity contribution in [1.82, 2.24) is 29.9 Å². The Bertz CT molecular complexity index is 1410. The molecule has 1 saturated heterocycles. The molecule has 1 unspecified atom stereocenters. The Labute approximate surface area is 223 Å². The average Bonchev–Trinajstić information content (AvgIpc) is 3.51. The van der Waals surface area contributed by atoms with Gasteiger partial charge in [-0.1, -0.05) is 45.3 Å². The number of hydrogen-bond donors (Lipinski definition) is 1. The van der Waals surface area contributed by atoms with Gasteiger partial charge in [0.05, 0.1) is 5.39 Å².